The van der Waals surface area contributed by atoms with E-state index in [1.54, 1.807) is 0 Å². The fourth-order valence-corrected chi connectivity index (χ4v) is 2.79. The second kappa shape index (κ2) is 6.01. The zero-order chi connectivity index (χ0) is 13.8. The van der Waals surface area contributed by atoms with Gasteiger partial charge in [-0.05, 0) is 22.8 Å². The SMILES string of the molecule is CCCCC(=O)Nc1scc(C(C)(C)C)c1C#N. The highest BCUT2D eigenvalue weighted by Gasteiger charge is 2.22. The van der Waals surface area contributed by atoms with Crippen LogP contribution in [0.4, 0.5) is 5.00 Å². The van der Waals surface area contributed by atoms with Gasteiger partial charge >= 0.3 is 0 Å². The first-order valence-electron chi connectivity index (χ1n) is 6.22. The minimum Gasteiger partial charge on any atom is -0.317 e. The molecule has 98 valence electrons. The Bertz CT molecular complexity index is 463. The van der Waals surface area contributed by atoms with E-state index in [1.165, 1.54) is 11.3 Å². The Morgan fingerprint density at radius 3 is 2.67 bits per heavy atom. The van der Waals surface area contributed by atoms with Crippen molar-refractivity contribution >= 4 is 22.2 Å². The summed E-state index contributed by atoms with van der Waals surface area (Å²) in [5.74, 6) is -0.00402. The van der Waals surface area contributed by atoms with Crippen LogP contribution in [0, 0.1) is 11.3 Å². The van der Waals surface area contributed by atoms with Crippen molar-refractivity contribution in [3.63, 3.8) is 0 Å². The first-order chi connectivity index (χ1) is 8.40. The Morgan fingerprint density at radius 1 is 1.50 bits per heavy atom. The maximum absolute atomic E-state index is 11.7. The molecule has 18 heavy (non-hydrogen) atoms. The van der Waals surface area contributed by atoms with Crippen LogP contribution in [-0.4, -0.2) is 5.91 Å². The summed E-state index contributed by atoms with van der Waals surface area (Å²) in [7, 11) is 0. The van der Waals surface area contributed by atoms with Crippen molar-refractivity contribution in [3.8, 4) is 6.07 Å². The Hall–Kier alpha value is -1.34. The van der Waals surface area contributed by atoms with Gasteiger partial charge in [-0.3, -0.25) is 4.79 Å². The molecule has 1 heterocycles. The number of nitriles is 1. The monoisotopic (exact) mass is 264 g/mol. The van der Waals surface area contributed by atoms with Gasteiger partial charge in [0.1, 0.15) is 11.1 Å². The highest BCUT2D eigenvalue weighted by molar-refractivity contribution is 7.14. The number of anilines is 1. The number of rotatable bonds is 4. The second-order valence-corrected chi connectivity index (χ2v) is 6.25. The van der Waals surface area contributed by atoms with Gasteiger partial charge in [-0.15, -0.1) is 11.3 Å². The van der Waals surface area contributed by atoms with Crippen LogP contribution in [0.2, 0.25) is 0 Å². The molecule has 1 amide bonds. The molecule has 0 aliphatic heterocycles. The molecule has 1 aromatic rings. The van der Waals surface area contributed by atoms with E-state index in [0.717, 1.165) is 18.4 Å². The molecular formula is C14H20N2OS. The first kappa shape index (κ1) is 14.7. The van der Waals surface area contributed by atoms with Gasteiger partial charge in [0, 0.05) is 6.42 Å². The largest absolute Gasteiger partial charge is 0.317 e. The average molecular weight is 264 g/mol. The number of carbonyl (C=O) groups is 1. The fourth-order valence-electron chi connectivity index (χ4n) is 1.64. The number of nitrogens with zero attached hydrogens (tertiary/aromatic N) is 1. The molecule has 0 radical (unpaired) electrons. The average Bonchev–Trinajstić information content (AvgIpc) is 2.68. The molecule has 0 bridgehead atoms. The van der Waals surface area contributed by atoms with Crippen LogP contribution in [0.5, 0.6) is 0 Å². The van der Waals surface area contributed by atoms with Crippen molar-refractivity contribution in [2.75, 3.05) is 5.32 Å². The molecule has 1 N–H and O–H groups in total. The number of amides is 1. The van der Waals surface area contributed by atoms with E-state index in [0.29, 0.717) is 17.0 Å². The van der Waals surface area contributed by atoms with E-state index in [4.69, 9.17) is 0 Å². The predicted octanol–water partition coefficient (Wildman–Crippen LogP) is 4.05. The third-order valence-electron chi connectivity index (χ3n) is 2.72. The third kappa shape index (κ3) is 3.58. The van der Waals surface area contributed by atoms with E-state index >= 15 is 0 Å². The number of hydrogen-bond acceptors (Lipinski definition) is 3. The van der Waals surface area contributed by atoms with Crippen LogP contribution in [0.1, 0.15) is 58.1 Å². The van der Waals surface area contributed by atoms with Crippen LogP contribution in [-0.2, 0) is 10.2 Å². The Kier molecular flexibility index (Phi) is 4.92. The summed E-state index contributed by atoms with van der Waals surface area (Å²) in [6, 6.07) is 2.21. The van der Waals surface area contributed by atoms with Gasteiger partial charge in [0.2, 0.25) is 5.91 Å². The topological polar surface area (TPSA) is 52.9 Å². The minimum absolute atomic E-state index is 0.00402. The molecule has 1 rings (SSSR count). The Morgan fingerprint density at radius 2 is 2.17 bits per heavy atom. The lowest BCUT2D eigenvalue weighted by atomic mass is 9.86. The first-order valence-corrected chi connectivity index (χ1v) is 7.10. The summed E-state index contributed by atoms with van der Waals surface area (Å²) >= 11 is 1.43. The quantitative estimate of drug-likeness (QED) is 0.892. The summed E-state index contributed by atoms with van der Waals surface area (Å²) < 4.78 is 0. The van der Waals surface area contributed by atoms with Crippen LogP contribution in [0.15, 0.2) is 5.38 Å². The summed E-state index contributed by atoms with van der Waals surface area (Å²) in [6.07, 6.45) is 2.39. The molecule has 1 aromatic heterocycles. The molecule has 0 fully saturated rings. The summed E-state index contributed by atoms with van der Waals surface area (Å²) in [5, 5.41) is 14.7. The Labute approximate surface area is 113 Å². The maximum atomic E-state index is 11.7. The number of carbonyl (C=O) groups excluding carboxylic acids is 1. The zero-order valence-corrected chi connectivity index (χ0v) is 12.3. The van der Waals surface area contributed by atoms with Gasteiger partial charge < -0.3 is 5.32 Å². The lowest BCUT2D eigenvalue weighted by Crippen LogP contribution is -2.14. The molecule has 4 heteroatoms. The molecule has 0 aromatic carbocycles. The molecule has 3 nitrogen and oxygen atoms in total. The third-order valence-corrected chi connectivity index (χ3v) is 3.62. The zero-order valence-electron chi connectivity index (χ0n) is 11.5. The number of nitrogens with one attached hydrogen (secondary N) is 1. The van der Waals surface area contributed by atoms with Crippen LogP contribution < -0.4 is 5.32 Å². The van der Waals surface area contributed by atoms with E-state index < -0.39 is 0 Å². The lowest BCUT2D eigenvalue weighted by Gasteiger charge is -2.17. The maximum Gasteiger partial charge on any atom is 0.225 e. The number of unbranched alkanes of at least 4 members (excludes halogenated alkanes) is 1. The van der Waals surface area contributed by atoms with Crippen molar-refractivity contribution in [2.45, 2.75) is 52.4 Å². The molecule has 0 aliphatic carbocycles. The smallest absolute Gasteiger partial charge is 0.225 e. The van der Waals surface area contributed by atoms with Gasteiger partial charge in [0.05, 0.1) is 5.56 Å². The van der Waals surface area contributed by atoms with Gasteiger partial charge in [-0.25, -0.2) is 0 Å². The molecule has 0 atom stereocenters. The normalized spacial score (nSPS) is 11.1. The van der Waals surface area contributed by atoms with E-state index in [2.05, 4.69) is 39.1 Å². The van der Waals surface area contributed by atoms with Gasteiger partial charge in [-0.2, -0.15) is 5.26 Å². The van der Waals surface area contributed by atoms with Gasteiger partial charge in [-0.1, -0.05) is 34.1 Å². The van der Waals surface area contributed by atoms with E-state index in [9.17, 15) is 10.1 Å². The van der Waals surface area contributed by atoms with Crippen LogP contribution in [0.3, 0.4) is 0 Å². The summed E-state index contributed by atoms with van der Waals surface area (Å²) in [6.45, 7) is 8.26. The van der Waals surface area contributed by atoms with Crippen molar-refractivity contribution in [1.82, 2.24) is 0 Å². The minimum atomic E-state index is -0.0754. The van der Waals surface area contributed by atoms with Gasteiger partial charge in [0.15, 0.2) is 0 Å². The molecule has 0 unspecified atom stereocenters. The lowest BCUT2D eigenvalue weighted by molar-refractivity contribution is -0.116. The van der Waals surface area contributed by atoms with Crippen molar-refractivity contribution in [2.24, 2.45) is 0 Å². The Balaban J connectivity index is 2.89. The standard InChI is InChI=1S/C14H20N2OS/c1-5-6-7-12(17)16-13-10(8-15)11(9-18-13)14(2,3)4/h9H,5-7H2,1-4H3,(H,16,17). The van der Waals surface area contributed by atoms with Crippen molar-refractivity contribution in [3.05, 3.63) is 16.5 Å². The van der Waals surface area contributed by atoms with E-state index in [1.807, 2.05) is 5.38 Å². The van der Waals surface area contributed by atoms with Gasteiger partial charge in [0.25, 0.3) is 0 Å². The summed E-state index contributed by atoms with van der Waals surface area (Å²) in [4.78, 5) is 11.7. The molecule has 0 saturated carbocycles. The van der Waals surface area contributed by atoms with Crippen molar-refractivity contribution in [1.29, 1.82) is 5.26 Å². The molecular weight excluding hydrogens is 244 g/mol. The van der Waals surface area contributed by atoms with Crippen LogP contribution in [0.25, 0.3) is 0 Å². The van der Waals surface area contributed by atoms with E-state index in [-0.39, 0.29) is 11.3 Å². The van der Waals surface area contributed by atoms with Crippen LogP contribution >= 0.6 is 11.3 Å². The highest BCUT2D eigenvalue weighted by Crippen LogP contribution is 2.35. The second-order valence-electron chi connectivity index (χ2n) is 5.37. The summed E-state index contributed by atoms with van der Waals surface area (Å²) in [5.41, 5.74) is 1.53. The number of hydrogen-bond donors (Lipinski definition) is 1. The van der Waals surface area contributed by atoms with Crippen molar-refractivity contribution < 1.29 is 4.79 Å². The molecule has 0 saturated heterocycles. The highest BCUT2D eigenvalue weighted by atomic mass is 32.1. The fraction of sp³-hybridized carbons (Fsp3) is 0.571. The molecule has 0 spiro atoms. The number of thiophene rings is 1. The predicted molar refractivity (Wildman–Crippen MR) is 75.9 cm³/mol. The molecule has 0 aliphatic rings.